The summed E-state index contributed by atoms with van der Waals surface area (Å²) in [6.07, 6.45) is 0.745. The number of carbonyl (C=O) groups excluding carboxylic acids is 1. The van der Waals surface area contributed by atoms with Crippen LogP contribution < -0.4 is 0 Å². The Morgan fingerprint density at radius 2 is 1.80 bits per heavy atom. The minimum atomic E-state index is -0.510. The van der Waals surface area contributed by atoms with E-state index in [0.717, 1.165) is 23.0 Å². The maximum Gasteiger partial charge on any atom is 0.276 e. The molecule has 1 aromatic heterocycles. The standard InChI is InChI=1S/C23H23Cl2N3O2/c1-23(2,3)30-27-21(14-4-6-15(24)7-5-14)22(29)28-11-10-17-18-12-16(25)8-9-19(18)26-20(17)13-28/h4-9,12,26H,10-11,13H2,1-3H3/b27-21+. The molecular weight excluding hydrogens is 421 g/mol. The van der Waals surface area contributed by atoms with Gasteiger partial charge in [-0.05, 0) is 63.1 Å². The predicted octanol–water partition coefficient (Wildman–Crippen LogP) is 5.58. The number of aromatic nitrogens is 1. The van der Waals surface area contributed by atoms with Crippen molar-refractivity contribution in [3.8, 4) is 0 Å². The van der Waals surface area contributed by atoms with Gasteiger partial charge in [0.1, 0.15) is 5.60 Å². The minimum absolute atomic E-state index is 0.177. The van der Waals surface area contributed by atoms with Gasteiger partial charge in [-0.1, -0.05) is 40.5 Å². The Labute approximate surface area is 185 Å². The third-order valence-corrected chi connectivity index (χ3v) is 5.44. The molecule has 5 nitrogen and oxygen atoms in total. The van der Waals surface area contributed by atoms with Crippen LogP contribution in [0.15, 0.2) is 47.6 Å². The van der Waals surface area contributed by atoms with Crippen LogP contribution in [0.5, 0.6) is 0 Å². The number of H-pyrrole nitrogens is 1. The topological polar surface area (TPSA) is 57.7 Å². The molecule has 1 aliphatic heterocycles. The zero-order valence-corrected chi connectivity index (χ0v) is 18.6. The van der Waals surface area contributed by atoms with Crippen LogP contribution in [0.2, 0.25) is 10.0 Å². The number of oxime groups is 1. The van der Waals surface area contributed by atoms with Crippen molar-refractivity contribution < 1.29 is 9.63 Å². The van der Waals surface area contributed by atoms with Crippen LogP contribution in [0.25, 0.3) is 10.9 Å². The van der Waals surface area contributed by atoms with Crippen LogP contribution in [-0.2, 0) is 22.6 Å². The maximum atomic E-state index is 13.4. The molecule has 0 bridgehead atoms. The fourth-order valence-corrected chi connectivity index (χ4v) is 3.84. The lowest BCUT2D eigenvalue weighted by Gasteiger charge is -2.28. The van der Waals surface area contributed by atoms with Gasteiger partial charge in [0.25, 0.3) is 5.91 Å². The SMILES string of the molecule is CC(C)(C)O/N=C(/C(=O)N1CCc2c([nH]c3ccc(Cl)cc23)C1)c1ccc(Cl)cc1. The zero-order chi connectivity index (χ0) is 21.5. The van der Waals surface area contributed by atoms with E-state index >= 15 is 0 Å². The van der Waals surface area contributed by atoms with E-state index in [4.69, 9.17) is 28.0 Å². The number of aromatic amines is 1. The molecule has 4 rings (SSSR count). The van der Waals surface area contributed by atoms with Crippen molar-refractivity contribution in [2.24, 2.45) is 5.16 Å². The van der Waals surface area contributed by atoms with Gasteiger partial charge in [-0.3, -0.25) is 4.79 Å². The highest BCUT2D eigenvalue weighted by atomic mass is 35.5. The van der Waals surface area contributed by atoms with E-state index in [1.165, 1.54) is 5.56 Å². The van der Waals surface area contributed by atoms with Gasteiger partial charge in [-0.15, -0.1) is 0 Å². The Morgan fingerprint density at radius 1 is 1.10 bits per heavy atom. The average Bonchev–Trinajstić information content (AvgIpc) is 3.05. The van der Waals surface area contributed by atoms with Crippen molar-refractivity contribution in [1.29, 1.82) is 0 Å². The van der Waals surface area contributed by atoms with E-state index in [1.807, 2.05) is 39.0 Å². The zero-order valence-electron chi connectivity index (χ0n) is 17.1. The van der Waals surface area contributed by atoms with Gasteiger partial charge < -0.3 is 14.7 Å². The smallest absolute Gasteiger partial charge is 0.276 e. The van der Waals surface area contributed by atoms with Crippen LogP contribution in [0.4, 0.5) is 0 Å². The fourth-order valence-electron chi connectivity index (χ4n) is 3.54. The molecule has 0 saturated carbocycles. The Bertz CT molecular complexity index is 1130. The van der Waals surface area contributed by atoms with Crippen molar-refractivity contribution in [3.05, 3.63) is 69.3 Å². The molecule has 0 aliphatic carbocycles. The first-order valence-electron chi connectivity index (χ1n) is 9.81. The molecule has 1 aliphatic rings. The summed E-state index contributed by atoms with van der Waals surface area (Å²) in [7, 11) is 0. The van der Waals surface area contributed by atoms with E-state index in [0.29, 0.717) is 28.7 Å². The number of halogens is 2. The second-order valence-corrected chi connectivity index (χ2v) is 9.27. The Kier molecular flexibility index (Phi) is 5.51. The summed E-state index contributed by atoms with van der Waals surface area (Å²) in [6.45, 7) is 6.74. The number of carbonyl (C=O) groups is 1. The third kappa shape index (κ3) is 4.32. The molecule has 2 heterocycles. The highest BCUT2D eigenvalue weighted by molar-refractivity contribution is 6.45. The lowest BCUT2D eigenvalue weighted by molar-refractivity contribution is -0.125. The second kappa shape index (κ2) is 7.97. The Balaban J connectivity index is 1.65. The lowest BCUT2D eigenvalue weighted by atomic mass is 10.0. The van der Waals surface area contributed by atoms with Gasteiger partial charge >= 0.3 is 0 Å². The normalized spacial score (nSPS) is 14.7. The lowest BCUT2D eigenvalue weighted by Crippen LogP contribution is -2.40. The monoisotopic (exact) mass is 443 g/mol. The summed E-state index contributed by atoms with van der Waals surface area (Å²) in [5.74, 6) is -0.177. The van der Waals surface area contributed by atoms with Crippen LogP contribution in [0, 0.1) is 0 Å². The van der Waals surface area contributed by atoms with E-state index in [1.54, 1.807) is 29.2 Å². The molecule has 2 aromatic carbocycles. The summed E-state index contributed by atoms with van der Waals surface area (Å²) in [4.78, 5) is 24.3. The molecule has 1 amide bonds. The second-order valence-electron chi connectivity index (χ2n) is 8.40. The van der Waals surface area contributed by atoms with Crippen molar-refractivity contribution in [3.63, 3.8) is 0 Å². The van der Waals surface area contributed by atoms with Crippen molar-refractivity contribution in [2.75, 3.05) is 6.54 Å². The van der Waals surface area contributed by atoms with Crippen LogP contribution in [-0.4, -0.2) is 33.6 Å². The number of fused-ring (bicyclic) bond motifs is 3. The summed E-state index contributed by atoms with van der Waals surface area (Å²) in [5.41, 5.74) is 3.70. The van der Waals surface area contributed by atoms with E-state index in [-0.39, 0.29) is 11.6 Å². The van der Waals surface area contributed by atoms with Crippen LogP contribution in [0.1, 0.15) is 37.6 Å². The Morgan fingerprint density at radius 3 is 2.50 bits per heavy atom. The van der Waals surface area contributed by atoms with Crippen LogP contribution in [0.3, 0.4) is 0 Å². The number of hydrogen-bond donors (Lipinski definition) is 1. The van der Waals surface area contributed by atoms with Gasteiger partial charge in [-0.2, -0.15) is 0 Å². The molecular formula is C23H23Cl2N3O2. The van der Waals surface area contributed by atoms with Gasteiger partial charge in [0.05, 0.1) is 6.54 Å². The summed E-state index contributed by atoms with van der Waals surface area (Å²) in [6, 6.07) is 12.9. The van der Waals surface area contributed by atoms with Gasteiger partial charge in [-0.25, -0.2) is 0 Å². The largest absolute Gasteiger partial charge is 0.389 e. The summed E-state index contributed by atoms with van der Waals surface area (Å²) in [5, 5.41) is 6.66. The molecule has 0 fully saturated rings. The minimum Gasteiger partial charge on any atom is -0.389 e. The van der Waals surface area contributed by atoms with E-state index in [9.17, 15) is 4.79 Å². The molecule has 0 atom stereocenters. The van der Waals surface area contributed by atoms with Crippen molar-refractivity contribution >= 4 is 45.7 Å². The first-order valence-corrected chi connectivity index (χ1v) is 10.6. The fraction of sp³-hybridized carbons (Fsp3) is 0.304. The van der Waals surface area contributed by atoms with Crippen molar-refractivity contribution in [2.45, 2.75) is 39.3 Å². The first-order chi connectivity index (χ1) is 14.2. The molecule has 3 aromatic rings. The number of amides is 1. The highest BCUT2D eigenvalue weighted by Crippen LogP contribution is 2.30. The van der Waals surface area contributed by atoms with Crippen LogP contribution >= 0.6 is 23.2 Å². The molecule has 0 radical (unpaired) electrons. The van der Waals surface area contributed by atoms with E-state index in [2.05, 4.69) is 10.1 Å². The molecule has 0 unspecified atom stereocenters. The quantitative estimate of drug-likeness (QED) is 0.424. The highest BCUT2D eigenvalue weighted by Gasteiger charge is 2.28. The molecule has 30 heavy (non-hydrogen) atoms. The maximum absolute atomic E-state index is 13.4. The molecule has 0 saturated heterocycles. The van der Waals surface area contributed by atoms with Crippen molar-refractivity contribution in [1.82, 2.24) is 9.88 Å². The molecule has 156 valence electrons. The predicted molar refractivity (Wildman–Crippen MR) is 121 cm³/mol. The van der Waals surface area contributed by atoms with Gasteiger partial charge in [0, 0.05) is 38.8 Å². The molecule has 1 N–H and O–H groups in total. The van der Waals surface area contributed by atoms with Gasteiger partial charge in [0.15, 0.2) is 5.71 Å². The Hall–Kier alpha value is -2.50. The average molecular weight is 444 g/mol. The van der Waals surface area contributed by atoms with Gasteiger partial charge in [0.2, 0.25) is 0 Å². The molecule has 0 spiro atoms. The number of nitrogens with one attached hydrogen (secondary N) is 1. The number of benzene rings is 2. The van der Waals surface area contributed by atoms with E-state index < -0.39 is 5.60 Å². The summed E-state index contributed by atoms with van der Waals surface area (Å²) >= 11 is 12.2. The summed E-state index contributed by atoms with van der Waals surface area (Å²) < 4.78 is 0. The molecule has 7 heteroatoms. The number of hydrogen-bond acceptors (Lipinski definition) is 3. The number of rotatable bonds is 3. The third-order valence-electron chi connectivity index (χ3n) is 4.96. The number of nitrogens with zero attached hydrogens (tertiary/aromatic N) is 2. The first kappa shape index (κ1) is 20.8.